The van der Waals surface area contributed by atoms with Crippen molar-refractivity contribution < 1.29 is 0 Å². The van der Waals surface area contributed by atoms with Gasteiger partial charge in [0.1, 0.15) is 0 Å². The van der Waals surface area contributed by atoms with Crippen LogP contribution in [0.2, 0.25) is 0 Å². The van der Waals surface area contributed by atoms with E-state index in [0.717, 1.165) is 15.5 Å². The highest BCUT2D eigenvalue weighted by atomic mass is 79.9. The zero-order chi connectivity index (χ0) is 18.0. The van der Waals surface area contributed by atoms with Crippen molar-refractivity contribution in [2.45, 2.75) is 27.7 Å². The van der Waals surface area contributed by atoms with Crippen LogP contribution in [0.25, 0.3) is 21.8 Å². The Kier molecular flexibility index (Phi) is 5.14. The summed E-state index contributed by atoms with van der Waals surface area (Å²) in [5.74, 6) is 0. The summed E-state index contributed by atoms with van der Waals surface area (Å²) in [6.07, 6.45) is 3.65. The molecule has 4 rings (SSSR count). The Labute approximate surface area is 157 Å². The van der Waals surface area contributed by atoms with Crippen LogP contribution in [0.15, 0.2) is 59.3 Å². The fourth-order valence-corrected chi connectivity index (χ4v) is 3.39. The molecule has 0 bridgehead atoms. The second-order valence-corrected chi connectivity index (χ2v) is 7.13. The quantitative estimate of drug-likeness (QED) is 0.342. The summed E-state index contributed by atoms with van der Waals surface area (Å²) in [6, 6.07) is 14.6. The van der Waals surface area contributed by atoms with E-state index in [2.05, 4.69) is 83.9 Å². The number of hydrogen-bond acceptors (Lipinski definition) is 2. The molecular formula is C22H21BrN2. The largest absolute Gasteiger partial charge is 0.256 e. The first-order valence-electron chi connectivity index (χ1n) is 8.30. The molecule has 0 atom stereocenters. The normalized spacial score (nSPS) is 10.6. The number of fused-ring (bicyclic) bond motifs is 2. The first-order chi connectivity index (χ1) is 12.0. The maximum Gasteiger partial charge on any atom is 0.0846 e. The third-order valence-corrected chi connectivity index (χ3v) is 5.53. The number of nitrogens with zero attached hydrogens (tertiary/aromatic N) is 2. The van der Waals surface area contributed by atoms with Crippen LogP contribution in [0.3, 0.4) is 0 Å². The van der Waals surface area contributed by atoms with Gasteiger partial charge in [0.25, 0.3) is 0 Å². The lowest BCUT2D eigenvalue weighted by atomic mass is 10.1. The summed E-state index contributed by atoms with van der Waals surface area (Å²) in [4.78, 5) is 8.62. The second-order valence-electron chi connectivity index (χ2n) is 6.34. The van der Waals surface area contributed by atoms with Gasteiger partial charge in [0.15, 0.2) is 0 Å². The summed E-state index contributed by atoms with van der Waals surface area (Å²) in [5.41, 5.74) is 7.33. The van der Waals surface area contributed by atoms with Gasteiger partial charge >= 0.3 is 0 Å². The molecule has 0 saturated heterocycles. The Morgan fingerprint density at radius 3 is 2.08 bits per heavy atom. The molecule has 0 aliphatic rings. The van der Waals surface area contributed by atoms with Crippen molar-refractivity contribution in [1.82, 2.24) is 9.97 Å². The van der Waals surface area contributed by atoms with E-state index in [0.29, 0.717) is 0 Å². The van der Waals surface area contributed by atoms with E-state index in [9.17, 15) is 0 Å². The van der Waals surface area contributed by atoms with Crippen molar-refractivity contribution in [3.05, 3.63) is 81.6 Å². The number of halogens is 1. The molecule has 0 aliphatic carbocycles. The van der Waals surface area contributed by atoms with Crippen molar-refractivity contribution >= 4 is 37.7 Å². The van der Waals surface area contributed by atoms with Crippen molar-refractivity contribution in [1.29, 1.82) is 0 Å². The Balaban J connectivity index is 0.000000146. The Hall–Kier alpha value is -2.26. The summed E-state index contributed by atoms with van der Waals surface area (Å²) in [6.45, 7) is 8.46. The van der Waals surface area contributed by atoms with Crippen LogP contribution in [-0.2, 0) is 0 Å². The van der Waals surface area contributed by atoms with Crippen molar-refractivity contribution in [2.24, 2.45) is 0 Å². The number of pyridine rings is 2. The Morgan fingerprint density at radius 2 is 1.32 bits per heavy atom. The molecule has 2 nitrogen and oxygen atoms in total. The summed E-state index contributed by atoms with van der Waals surface area (Å²) in [7, 11) is 0. The fraction of sp³-hybridized carbons (Fsp3) is 0.182. The van der Waals surface area contributed by atoms with E-state index in [1.54, 1.807) is 0 Å². The molecule has 0 saturated carbocycles. The number of rotatable bonds is 0. The zero-order valence-electron chi connectivity index (χ0n) is 15.0. The zero-order valence-corrected chi connectivity index (χ0v) is 16.6. The smallest absolute Gasteiger partial charge is 0.0846 e. The molecule has 3 heteroatoms. The van der Waals surface area contributed by atoms with Crippen LogP contribution in [0, 0.1) is 27.7 Å². The standard InChI is InChI=1S/C11H10BrN.C11H11N/c1-7-6-9-4-3-5-13-11(9)10(12)8(7)2;1-8-6-10-4-3-5-12-11(10)7-9(8)2/h3-6H,1-2H3;3-7H,1-2H3. The fourth-order valence-electron chi connectivity index (χ4n) is 2.75. The van der Waals surface area contributed by atoms with Crippen LogP contribution in [-0.4, -0.2) is 9.97 Å². The SMILES string of the molecule is Cc1cc2cccnc2c(Br)c1C.Cc1cc2cccnc2cc1C. The number of aryl methyl sites for hydroxylation is 3. The lowest BCUT2D eigenvalue weighted by Gasteiger charge is -2.06. The molecule has 0 aliphatic heterocycles. The van der Waals surface area contributed by atoms with E-state index in [1.165, 1.54) is 33.0 Å². The van der Waals surface area contributed by atoms with Crippen LogP contribution < -0.4 is 0 Å². The highest BCUT2D eigenvalue weighted by Crippen LogP contribution is 2.27. The molecule has 0 spiro atoms. The van der Waals surface area contributed by atoms with E-state index in [1.807, 2.05) is 24.5 Å². The van der Waals surface area contributed by atoms with Gasteiger partial charge < -0.3 is 0 Å². The lowest BCUT2D eigenvalue weighted by Crippen LogP contribution is -1.87. The third-order valence-electron chi connectivity index (χ3n) is 4.56. The maximum absolute atomic E-state index is 4.34. The minimum atomic E-state index is 1.05. The molecule has 2 heterocycles. The van der Waals surface area contributed by atoms with Gasteiger partial charge in [-0.15, -0.1) is 0 Å². The van der Waals surface area contributed by atoms with E-state index >= 15 is 0 Å². The van der Waals surface area contributed by atoms with Gasteiger partial charge in [0.2, 0.25) is 0 Å². The minimum absolute atomic E-state index is 1.05. The molecule has 2 aromatic heterocycles. The average Bonchev–Trinajstić information content (AvgIpc) is 2.61. The monoisotopic (exact) mass is 392 g/mol. The van der Waals surface area contributed by atoms with Gasteiger partial charge in [-0.3, -0.25) is 9.97 Å². The molecule has 126 valence electrons. The third kappa shape index (κ3) is 3.72. The summed E-state index contributed by atoms with van der Waals surface area (Å²) >= 11 is 3.57. The molecule has 0 unspecified atom stereocenters. The first-order valence-corrected chi connectivity index (χ1v) is 9.09. The van der Waals surface area contributed by atoms with Crippen LogP contribution in [0.1, 0.15) is 22.3 Å². The molecule has 0 N–H and O–H groups in total. The van der Waals surface area contributed by atoms with E-state index in [-0.39, 0.29) is 0 Å². The van der Waals surface area contributed by atoms with Gasteiger partial charge in [0, 0.05) is 27.6 Å². The second kappa shape index (κ2) is 7.32. The van der Waals surface area contributed by atoms with Crippen molar-refractivity contribution in [3.63, 3.8) is 0 Å². The summed E-state index contributed by atoms with van der Waals surface area (Å²) in [5, 5.41) is 2.41. The van der Waals surface area contributed by atoms with Crippen molar-refractivity contribution in [3.8, 4) is 0 Å². The molecule has 0 fully saturated rings. The number of hydrogen-bond donors (Lipinski definition) is 0. The highest BCUT2D eigenvalue weighted by Gasteiger charge is 2.04. The molecule has 4 aromatic rings. The highest BCUT2D eigenvalue weighted by molar-refractivity contribution is 9.10. The Bertz CT molecular complexity index is 1010. The molecule has 0 amide bonds. The van der Waals surface area contributed by atoms with Crippen LogP contribution in [0.5, 0.6) is 0 Å². The van der Waals surface area contributed by atoms with Gasteiger partial charge in [0.05, 0.1) is 11.0 Å². The lowest BCUT2D eigenvalue weighted by molar-refractivity contribution is 1.31. The molecule has 25 heavy (non-hydrogen) atoms. The number of benzene rings is 2. The van der Waals surface area contributed by atoms with Crippen molar-refractivity contribution in [2.75, 3.05) is 0 Å². The van der Waals surface area contributed by atoms with Gasteiger partial charge in [-0.25, -0.2) is 0 Å². The Morgan fingerprint density at radius 1 is 0.720 bits per heavy atom. The summed E-state index contributed by atoms with van der Waals surface area (Å²) < 4.78 is 1.11. The molecular weight excluding hydrogens is 372 g/mol. The molecule has 2 aromatic carbocycles. The number of aromatic nitrogens is 2. The van der Waals surface area contributed by atoms with Gasteiger partial charge in [-0.1, -0.05) is 12.1 Å². The van der Waals surface area contributed by atoms with Crippen LogP contribution >= 0.6 is 15.9 Å². The predicted molar refractivity (Wildman–Crippen MR) is 110 cm³/mol. The average molecular weight is 393 g/mol. The molecule has 0 radical (unpaired) electrons. The maximum atomic E-state index is 4.34. The topological polar surface area (TPSA) is 25.8 Å². The van der Waals surface area contributed by atoms with E-state index in [4.69, 9.17) is 0 Å². The van der Waals surface area contributed by atoms with E-state index < -0.39 is 0 Å². The van der Waals surface area contributed by atoms with Gasteiger partial charge in [-0.2, -0.15) is 0 Å². The minimum Gasteiger partial charge on any atom is -0.256 e. The predicted octanol–water partition coefficient (Wildman–Crippen LogP) is 6.47. The van der Waals surface area contributed by atoms with Crippen LogP contribution in [0.4, 0.5) is 0 Å². The first kappa shape index (κ1) is 17.6. The van der Waals surface area contributed by atoms with Gasteiger partial charge in [-0.05, 0) is 96.2 Å².